The fourth-order valence-corrected chi connectivity index (χ4v) is 3.35. The van der Waals surface area contributed by atoms with Crippen molar-refractivity contribution in [3.8, 4) is 29.9 Å². The van der Waals surface area contributed by atoms with E-state index in [1.165, 1.54) is 4.31 Å². The van der Waals surface area contributed by atoms with Crippen LogP contribution in [0, 0.1) is 31.1 Å². The van der Waals surface area contributed by atoms with E-state index in [-0.39, 0.29) is 18.0 Å². The largest absolute Gasteiger partial charge is 0.497 e. The Bertz CT molecular complexity index is 912. The van der Waals surface area contributed by atoms with E-state index in [1.807, 2.05) is 19.1 Å². The zero-order valence-corrected chi connectivity index (χ0v) is 15.0. The minimum atomic E-state index is -3.68. The van der Waals surface area contributed by atoms with Gasteiger partial charge >= 0.3 is 0 Å². The van der Waals surface area contributed by atoms with Crippen LogP contribution in [-0.4, -0.2) is 32.9 Å². The third-order valence-electron chi connectivity index (χ3n) is 3.50. The number of terminal acetylenes is 1. The Morgan fingerprint density at radius 3 is 2.24 bits per heavy atom. The summed E-state index contributed by atoms with van der Waals surface area (Å²) in [5, 5.41) is 0. The first-order chi connectivity index (χ1) is 12.0. The molecule has 0 N–H and O–H groups in total. The highest BCUT2D eigenvalue weighted by molar-refractivity contribution is 7.89. The van der Waals surface area contributed by atoms with Crippen molar-refractivity contribution in [2.45, 2.75) is 11.8 Å². The van der Waals surface area contributed by atoms with Crippen molar-refractivity contribution in [2.24, 2.45) is 0 Å². The first kappa shape index (κ1) is 18.6. The molecular formula is C20H19NO3S. The van der Waals surface area contributed by atoms with Crippen LogP contribution in [0.1, 0.15) is 11.1 Å². The average Bonchev–Trinajstić information content (AvgIpc) is 2.62. The zero-order chi connectivity index (χ0) is 18.3. The van der Waals surface area contributed by atoms with Crippen LogP contribution in [-0.2, 0) is 10.0 Å². The highest BCUT2D eigenvalue weighted by atomic mass is 32.2. The highest BCUT2D eigenvalue weighted by Crippen LogP contribution is 2.16. The maximum atomic E-state index is 12.7. The van der Waals surface area contributed by atoms with E-state index in [0.717, 1.165) is 16.9 Å². The van der Waals surface area contributed by atoms with Gasteiger partial charge in [0.2, 0.25) is 10.0 Å². The van der Waals surface area contributed by atoms with E-state index < -0.39 is 10.0 Å². The van der Waals surface area contributed by atoms with Crippen molar-refractivity contribution in [3.63, 3.8) is 0 Å². The van der Waals surface area contributed by atoms with Gasteiger partial charge in [0.25, 0.3) is 0 Å². The monoisotopic (exact) mass is 353 g/mol. The standard InChI is InChI=1S/C20H19NO3S/c1-4-15-21(25(22,23)20-13-7-17(2)8-14-20)16-5-6-18-9-11-19(24-3)12-10-18/h1,7-14H,15-16H2,2-3H3. The molecule has 128 valence electrons. The quantitative estimate of drug-likeness (QED) is 0.777. The molecule has 0 fully saturated rings. The fraction of sp³-hybridized carbons (Fsp3) is 0.200. The molecule has 0 heterocycles. The Balaban J connectivity index is 2.19. The van der Waals surface area contributed by atoms with Crippen molar-refractivity contribution >= 4 is 10.0 Å². The van der Waals surface area contributed by atoms with Crippen LogP contribution < -0.4 is 4.74 Å². The van der Waals surface area contributed by atoms with E-state index >= 15 is 0 Å². The molecule has 5 heteroatoms. The summed E-state index contributed by atoms with van der Waals surface area (Å²) >= 11 is 0. The first-order valence-electron chi connectivity index (χ1n) is 7.60. The molecule has 0 atom stereocenters. The Morgan fingerprint density at radius 2 is 1.68 bits per heavy atom. The summed E-state index contributed by atoms with van der Waals surface area (Å²) in [5.41, 5.74) is 1.76. The summed E-state index contributed by atoms with van der Waals surface area (Å²) in [6.07, 6.45) is 5.32. The number of hydrogen-bond donors (Lipinski definition) is 0. The maximum Gasteiger partial charge on any atom is 0.244 e. The van der Waals surface area contributed by atoms with Gasteiger partial charge in [0.15, 0.2) is 0 Å². The molecule has 25 heavy (non-hydrogen) atoms. The number of ether oxygens (including phenoxy) is 1. The topological polar surface area (TPSA) is 46.6 Å². The van der Waals surface area contributed by atoms with E-state index in [0.29, 0.717) is 0 Å². The predicted molar refractivity (Wildman–Crippen MR) is 98.6 cm³/mol. The summed E-state index contributed by atoms with van der Waals surface area (Å²) in [7, 11) is -2.09. The van der Waals surface area contributed by atoms with Crippen LogP contribution in [0.3, 0.4) is 0 Å². The number of hydrogen-bond acceptors (Lipinski definition) is 3. The molecule has 0 aliphatic heterocycles. The second-order valence-corrected chi connectivity index (χ2v) is 7.26. The van der Waals surface area contributed by atoms with Gasteiger partial charge in [0.05, 0.1) is 25.1 Å². The van der Waals surface area contributed by atoms with Crippen molar-refractivity contribution in [1.29, 1.82) is 0 Å². The normalized spacial score (nSPS) is 10.6. The molecule has 0 radical (unpaired) electrons. The lowest BCUT2D eigenvalue weighted by molar-refractivity contribution is 0.415. The Labute approximate surface area is 149 Å². The molecule has 2 rings (SSSR count). The lowest BCUT2D eigenvalue weighted by atomic mass is 10.2. The summed E-state index contributed by atoms with van der Waals surface area (Å²) in [4.78, 5) is 0.208. The van der Waals surface area contributed by atoms with Crippen molar-refractivity contribution in [1.82, 2.24) is 4.31 Å². The number of sulfonamides is 1. The Kier molecular flexibility index (Phi) is 6.25. The van der Waals surface area contributed by atoms with E-state index in [2.05, 4.69) is 17.8 Å². The van der Waals surface area contributed by atoms with Gasteiger partial charge in [-0.2, -0.15) is 4.31 Å². The minimum Gasteiger partial charge on any atom is -0.497 e. The molecule has 0 bridgehead atoms. The minimum absolute atomic E-state index is 0.0203. The van der Waals surface area contributed by atoms with Crippen LogP contribution in [0.15, 0.2) is 53.4 Å². The second-order valence-electron chi connectivity index (χ2n) is 5.32. The molecule has 0 aromatic heterocycles. The van der Waals surface area contributed by atoms with Crippen LogP contribution in [0.4, 0.5) is 0 Å². The van der Waals surface area contributed by atoms with Gasteiger partial charge in [0.1, 0.15) is 5.75 Å². The summed E-state index contributed by atoms with van der Waals surface area (Å²) in [5.74, 6) is 8.93. The number of nitrogens with zero attached hydrogens (tertiary/aromatic N) is 1. The molecule has 4 nitrogen and oxygen atoms in total. The molecule has 0 aliphatic rings. The number of methoxy groups -OCH3 is 1. The lowest BCUT2D eigenvalue weighted by Crippen LogP contribution is -2.31. The Hall–Kier alpha value is -2.73. The molecule has 0 saturated carbocycles. The highest BCUT2D eigenvalue weighted by Gasteiger charge is 2.22. The van der Waals surface area contributed by atoms with Gasteiger partial charge in [-0.05, 0) is 43.3 Å². The second kappa shape index (κ2) is 8.39. The molecule has 0 aliphatic carbocycles. The zero-order valence-electron chi connectivity index (χ0n) is 14.2. The first-order valence-corrected chi connectivity index (χ1v) is 9.04. The summed E-state index contributed by atoms with van der Waals surface area (Å²) in [6.45, 7) is 1.88. The average molecular weight is 353 g/mol. The molecule has 0 unspecified atom stereocenters. The molecule has 0 spiro atoms. The number of benzene rings is 2. The Morgan fingerprint density at radius 1 is 1.04 bits per heavy atom. The van der Waals surface area contributed by atoms with Gasteiger partial charge in [-0.3, -0.25) is 0 Å². The van der Waals surface area contributed by atoms with E-state index in [1.54, 1.807) is 43.5 Å². The molecular weight excluding hydrogens is 334 g/mol. The SMILES string of the molecule is C#CCN(CC#Cc1ccc(OC)cc1)S(=O)(=O)c1ccc(C)cc1. The van der Waals surface area contributed by atoms with Crippen LogP contribution >= 0.6 is 0 Å². The smallest absolute Gasteiger partial charge is 0.244 e. The van der Waals surface area contributed by atoms with Crippen molar-refractivity contribution < 1.29 is 13.2 Å². The van der Waals surface area contributed by atoms with Crippen LogP contribution in [0.25, 0.3) is 0 Å². The summed E-state index contributed by atoms with van der Waals surface area (Å²) < 4.78 is 31.7. The molecule has 0 saturated heterocycles. The van der Waals surface area contributed by atoms with Gasteiger partial charge in [-0.25, -0.2) is 8.42 Å². The summed E-state index contributed by atoms with van der Waals surface area (Å²) in [6, 6.07) is 13.9. The molecule has 0 amide bonds. The predicted octanol–water partition coefficient (Wildman–Crippen LogP) is 2.68. The number of rotatable bonds is 5. The van der Waals surface area contributed by atoms with Gasteiger partial charge in [-0.1, -0.05) is 35.5 Å². The third kappa shape index (κ3) is 4.87. The van der Waals surface area contributed by atoms with E-state index in [9.17, 15) is 8.42 Å². The third-order valence-corrected chi connectivity index (χ3v) is 5.31. The molecule has 2 aromatic carbocycles. The van der Waals surface area contributed by atoms with E-state index in [4.69, 9.17) is 11.2 Å². The van der Waals surface area contributed by atoms with Crippen LogP contribution in [0.2, 0.25) is 0 Å². The fourth-order valence-electron chi connectivity index (χ4n) is 2.09. The van der Waals surface area contributed by atoms with Crippen LogP contribution in [0.5, 0.6) is 5.75 Å². The van der Waals surface area contributed by atoms with Gasteiger partial charge in [0, 0.05) is 5.56 Å². The lowest BCUT2D eigenvalue weighted by Gasteiger charge is -2.17. The van der Waals surface area contributed by atoms with Crippen molar-refractivity contribution in [3.05, 3.63) is 59.7 Å². The van der Waals surface area contributed by atoms with Gasteiger partial charge < -0.3 is 4.74 Å². The maximum absolute atomic E-state index is 12.7. The van der Waals surface area contributed by atoms with Crippen molar-refractivity contribution in [2.75, 3.05) is 20.2 Å². The number of aryl methyl sites for hydroxylation is 1. The van der Waals surface area contributed by atoms with Gasteiger partial charge in [-0.15, -0.1) is 6.42 Å². The molecule has 2 aromatic rings.